The van der Waals surface area contributed by atoms with Gasteiger partial charge < -0.3 is 0 Å². The first-order valence-electron chi connectivity index (χ1n) is 20.7. The molecule has 0 bridgehead atoms. The third-order valence-electron chi connectivity index (χ3n) is 12.1. The zero-order chi connectivity index (χ0) is 40.3. The third kappa shape index (κ3) is 6.09. The van der Waals surface area contributed by atoms with E-state index >= 15 is 0 Å². The second-order valence-electron chi connectivity index (χ2n) is 15.7. The van der Waals surface area contributed by atoms with Crippen LogP contribution in [-0.2, 0) is 0 Å². The largest absolute Gasteiger partial charge is 0.228 e. The highest BCUT2D eigenvalue weighted by Crippen LogP contribution is 2.44. The molecule has 0 amide bonds. The van der Waals surface area contributed by atoms with Crippen molar-refractivity contribution in [1.82, 2.24) is 9.97 Å². The van der Waals surface area contributed by atoms with E-state index in [-0.39, 0.29) is 0 Å². The Labute approximate surface area is 357 Å². The van der Waals surface area contributed by atoms with Crippen LogP contribution in [0.3, 0.4) is 0 Å². The first-order valence-corrected chi connectivity index (χ1v) is 21.5. The number of benzene rings is 10. The Morgan fingerprint density at radius 3 is 1.79 bits per heavy atom. The van der Waals surface area contributed by atoms with E-state index in [1.54, 1.807) is 0 Å². The van der Waals surface area contributed by atoms with Gasteiger partial charge in [0.2, 0.25) is 0 Å². The summed E-state index contributed by atoms with van der Waals surface area (Å²) in [4.78, 5) is 10.8. The van der Waals surface area contributed by atoms with E-state index in [0.29, 0.717) is 5.82 Å². The van der Waals surface area contributed by atoms with Gasteiger partial charge >= 0.3 is 0 Å². The number of rotatable bonds is 6. The van der Waals surface area contributed by atoms with Crippen LogP contribution in [0, 0.1) is 0 Å². The molecule has 61 heavy (non-hydrogen) atoms. The zero-order valence-electron chi connectivity index (χ0n) is 33.1. The van der Waals surface area contributed by atoms with Crippen LogP contribution < -0.4 is 0 Å². The van der Waals surface area contributed by atoms with Gasteiger partial charge in [-0.15, -0.1) is 11.3 Å². The minimum atomic E-state index is 0.688. The summed E-state index contributed by atoms with van der Waals surface area (Å²) in [6.07, 6.45) is 0. The summed E-state index contributed by atoms with van der Waals surface area (Å²) in [6.45, 7) is 0. The number of aromatic nitrogens is 2. The fraction of sp³-hybridized carbons (Fsp3) is 0. The molecule has 0 radical (unpaired) electrons. The Balaban J connectivity index is 1.04. The Bertz CT molecular complexity index is 3640. The Morgan fingerprint density at radius 2 is 0.918 bits per heavy atom. The molecule has 2 heterocycles. The lowest BCUT2D eigenvalue weighted by molar-refractivity contribution is 1.18. The SMILES string of the molecule is c1ccc(-c2cccc(-c3cc(-c4ccccc4-c4cccc5c4sc4ccccc45)nc(-c4ccc(-c5c6ccccc6cc6c5ccc5ccccc56)cc4)n3)c2)cc1. The van der Waals surface area contributed by atoms with Gasteiger partial charge in [0.25, 0.3) is 0 Å². The number of hydrogen-bond donors (Lipinski definition) is 0. The average molecular weight is 793 g/mol. The van der Waals surface area contributed by atoms with Gasteiger partial charge in [-0.3, -0.25) is 0 Å². The lowest BCUT2D eigenvalue weighted by Gasteiger charge is -2.15. The van der Waals surface area contributed by atoms with Crippen LogP contribution in [0.15, 0.2) is 218 Å². The first-order chi connectivity index (χ1) is 30.2. The highest BCUT2D eigenvalue weighted by Gasteiger charge is 2.18. The maximum atomic E-state index is 5.42. The lowest BCUT2D eigenvalue weighted by Crippen LogP contribution is -1.97. The van der Waals surface area contributed by atoms with Gasteiger partial charge in [-0.05, 0) is 84.4 Å². The summed E-state index contributed by atoms with van der Waals surface area (Å²) in [5, 5.41) is 10.1. The van der Waals surface area contributed by atoms with E-state index in [4.69, 9.17) is 9.97 Å². The van der Waals surface area contributed by atoms with Gasteiger partial charge in [0.15, 0.2) is 5.82 Å². The maximum Gasteiger partial charge on any atom is 0.160 e. The van der Waals surface area contributed by atoms with Crippen LogP contribution in [0.1, 0.15) is 0 Å². The van der Waals surface area contributed by atoms with Crippen LogP contribution in [0.5, 0.6) is 0 Å². The Hall–Kier alpha value is -7.72. The predicted molar refractivity (Wildman–Crippen MR) is 260 cm³/mol. The quantitative estimate of drug-likeness (QED) is 0.124. The van der Waals surface area contributed by atoms with Crippen LogP contribution in [0.2, 0.25) is 0 Å². The molecule has 12 rings (SSSR count). The summed E-state index contributed by atoms with van der Waals surface area (Å²) < 4.78 is 2.58. The molecular formula is C58H36N2S. The van der Waals surface area contributed by atoms with Gasteiger partial charge in [-0.2, -0.15) is 0 Å². The van der Waals surface area contributed by atoms with E-state index in [1.165, 1.54) is 69.2 Å². The van der Waals surface area contributed by atoms with E-state index in [0.717, 1.165) is 44.8 Å². The number of nitrogens with zero attached hydrogens (tertiary/aromatic N) is 2. The average Bonchev–Trinajstić information content (AvgIpc) is 3.73. The molecule has 0 aliphatic heterocycles. The van der Waals surface area contributed by atoms with Crippen molar-refractivity contribution in [1.29, 1.82) is 0 Å². The summed E-state index contributed by atoms with van der Waals surface area (Å²) >= 11 is 1.85. The number of hydrogen-bond acceptors (Lipinski definition) is 3. The molecule has 0 saturated carbocycles. The molecule has 12 aromatic rings. The molecule has 0 spiro atoms. The standard InChI is InChI=1S/C58H36N2S/c1-2-14-37(15-3-1)41-18-12-19-43(34-41)53-36-54(47-23-9-8-22-46(47)50-25-13-26-51-48-24-10-11-27-55(48)61-57(50)51)60-58(59-53)40-30-28-39(29-31-40)56-45-21-7-5-17-42(45)35-52-44-20-6-4-16-38(44)32-33-49(52)56/h1-36H. The highest BCUT2D eigenvalue weighted by molar-refractivity contribution is 7.26. The molecule has 0 unspecified atom stereocenters. The second-order valence-corrected chi connectivity index (χ2v) is 16.7. The van der Waals surface area contributed by atoms with E-state index in [2.05, 4.69) is 218 Å². The molecule has 0 saturated heterocycles. The molecule has 2 nitrogen and oxygen atoms in total. The highest BCUT2D eigenvalue weighted by atomic mass is 32.1. The predicted octanol–water partition coefficient (Wildman–Crippen LogP) is 16.3. The lowest BCUT2D eigenvalue weighted by atomic mass is 9.89. The van der Waals surface area contributed by atoms with Crippen molar-refractivity contribution in [3.05, 3.63) is 218 Å². The normalized spacial score (nSPS) is 11.6. The molecule has 10 aromatic carbocycles. The fourth-order valence-corrected chi connectivity index (χ4v) is 10.4. The van der Waals surface area contributed by atoms with Gasteiger partial charge in [-0.1, -0.05) is 194 Å². The Kier molecular flexibility index (Phi) is 8.39. The third-order valence-corrected chi connectivity index (χ3v) is 13.3. The molecule has 0 aliphatic carbocycles. The van der Waals surface area contributed by atoms with E-state index in [9.17, 15) is 0 Å². The smallest absolute Gasteiger partial charge is 0.160 e. The molecular weight excluding hydrogens is 757 g/mol. The summed E-state index contributed by atoms with van der Waals surface area (Å²) in [7, 11) is 0. The van der Waals surface area contributed by atoms with Gasteiger partial charge in [0.1, 0.15) is 0 Å². The molecule has 0 aliphatic rings. The minimum absolute atomic E-state index is 0.688. The van der Waals surface area contributed by atoms with Crippen LogP contribution in [-0.4, -0.2) is 9.97 Å². The number of thiophene rings is 1. The van der Waals surface area contributed by atoms with Crippen molar-refractivity contribution in [3.8, 4) is 67.3 Å². The van der Waals surface area contributed by atoms with Crippen molar-refractivity contribution in [2.24, 2.45) is 0 Å². The topological polar surface area (TPSA) is 25.8 Å². The van der Waals surface area contributed by atoms with Gasteiger partial charge in [0.05, 0.1) is 11.4 Å². The van der Waals surface area contributed by atoms with Crippen molar-refractivity contribution in [2.75, 3.05) is 0 Å². The van der Waals surface area contributed by atoms with Crippen LogP contribution >= 0.6 is 11.3 Å². The first kappa shape index (κ1) is 35.2. The van der Waals surface area contributed by atoms with Crippen LogP contribution in [0.25, 0.3) is 120 Å². The fourth-order valence-electron chi connectivity index (χ4n) is 9.17. The van der Waals surface area contributed by atoms with E-state index in [1.807, 2.05) is 11.3 Å². The molecule has 2 aromatic heterocycles. The van der Waals surface area contributed by atoms with Crippen molar-refractivity contribution < 1.29 is 0 Å². The minimum Gasteiger partial charge on any atom is -0.228 e. The summed E-state index contributed by atoms with van der Waals surface area (Å²) in [6, 6.07) is 78.6. The molecule has 0 N–H and O–H groups in total. The number of fused-ring (bicyclic) bond motifs is 7. The Morgan fingerprint density at radius 1 is 0.295 bits per heavy atom. The van der Waals surface area contributed by atoms with Gasteiger partial charge in [0, 0.05) is 42.4 Å². The van der Waals surface area contributed by atoms with Crippen molar-refractivity contribution >= 4 is 63.8 Å². The molecule has 0 fully saturated rings. The zero-order valence-corrected chi connectivity index (χ0v) is 33.9. The van der Waals surface area contributed by atoms with Crippen molar-refractivity contribution in [3.63, 3.8) is 0 Å². The summed E-state index contributed by atoms with van der Waals surface area (Å²) in [5.41, 5.74) is 11.9. The molecule has 284 valence electrons. The van der Waals surface area contributed by atoms with Crippen molar-refractivity contribution in [2.45, 2.75) is 0 Å². The molecule has 3 heteroatoms. The second kappa shape index (κ2) is 14.5. The maximum absolute atomic E-state index is 5.42. The molecule has 0 atom stereocenters. The van der Waals surface area contributed by atoms with Gasteiger partial charge in [-0.25, -0.2) is 9.97 Å². The van der Waals surface area contributed by atoms with Crippen LogP contribution in [0.4, 0.5) is 0 Å². The monoisotopic (exact) mass is 792 g/mol. The summed E-state index contributed by atoms with van der Waals surface area (Å²) in [5.74, 6) is 0.688. The van der Waals surface area contributed by atoms with E-state index < -0.39 is 0 Å².